The summed E-state index contributed by atoms with van der Waals surface area (Å²) in [4.78, 5) is 2.68. The van der Waals surface area contributed by atoms with Gasteiger partial charge in [0.1, 0.15) is 4.90 Å². The number of rotatable bonds is 6. The van der Waals surface area contributed by atoms with E-state index in [0.29, 0.717) is 17.1 Å². The van der Waals surface area contributed by atoms with Crippen LogP contribution in [0.15, 0.2) is 59.5 Å². The first-order valence-electron chi connectivity index (χ1n) is 10.4. The normalized spacial score (nSPS) is 15.3. The third-order valence-corrected chi connectivity index (χ3v) is 7.19. The quantitative estimate of drug-likeness (QED) is 0.641. The number of nitrogens with one attached hydrogen (secondary N) is 1. The molecule has 1 saturated heterocycles. The van der Waals surface area contributed by atoms with Gasteiger partial charge in [0.05, 0.1) is 17.1 Å². The SMILES string of the molecule is Cc1nn(-c2ccccc2)c(C)c1S(=O)(=O)Nc1ccc(CN2CCCCC2)cc1. The van der Waals surface area contributed by atoms with Crippen LogP contribution in [0.2, 0.25) is 0 Å². The van der Waals surface area contributed by atoms with E-state index in [1.54, 1.807) is 18.5 Å². The molecule has 1 aromatic heterocycles. The summed E-state index contributed by atoms with van der Waals surface area (Å²) < 4.78 is 30.6. The van der Waals surface area contributed by atoms with Crippen molar-refractivity contribution in [1.82, 2.24) is 14.7 Å². The van der Waals surface area contributed by atoms with Crippen LogP contribution in [0, 0.1) is 13.8 Å². The summed E-state index contributed by atoms with van der Waals surface area (Å²) in [5.74, 6) is 0. The Labute approximate surface area is 178 Å². The van der Waals surface area contributed by atoms with Gasteiger partial charge in [0.15, 0.2) is 0 Å². The highest BCUT2D eigenvalue weighted by atomic mass is 32.2. The summed E-state index contributed by atoms with van der Waals surface area (Å²) in [7, 11) is -3.75. The predicted octanol–water partition coefficient (Wildman–Crippen LogP) is 4.28. The van der Waals surface area contributed by atoms with Crippen molar-refractivity contribution in [3.05, 3.63) is 71.5 Å². The van der Waals surface area contributed by atoms with Gasteiger partial charge in [0.2, 0.25) is 0 Å². The first kappa shape index (κ1) is 20.6. The second-order valence-corrected chi connectivity index (χ2v) is 9.51. The molecule has 0 saturated carbocycles. The largest absolute Gasteiger partial charge is 0.299 e. The molecule has 158 valence electrons. The van der Waals surface area contributed by atoms with E-state index in [2.05, 4.69) is 14.7 Å². The Hall–Kier alpha value is -2.64. The molecule has 7 heteroatoms. The number of piperidine rings is 1. The zero-order chi connectivity index (χ0) is 21.1. The van der Waals surface area contributed by atoms with E-state index in [9.17, 15) is 8.42 Å². The molecule has 0 bridgehead atoms. The first-order valence-corrected chi connectivity index (χ1v) is 11.9. The van der Waals surface area contributed by atoms with Gasteiger partial charge in [-0.15, -0.1) is 0 Å². The molecule has 0 radical (unpaired) electrons. The van der Waals surface area contributed by atoms with Crippen LogP contribution in [-0.2, 0) is 16.6 Å². The predicted molar refractivity (Wildman–Crippen MR) is 119 cm³/mol. The Kier molecular flexibility index (Phi) is 5.92. The van der Waals surface area contributed by atoms with E-state index in [-0.39, 0.29) is 4.90 Å². The van der Waals surface area contributed by atoms with Crippen molar-refractivity contribution in [2.75, 3.05) is 17.8 Å². The number of benzene rings is 2. The second-order valence-electron chi connectivity index (χ2n) is 7.89. The van der Waals surface area contributed by atoms with E-state index >= 15 is 0 Å². The highest BCUT2D eigenvalue weighted by Gasteiger charge is 2.25. The standard InChI is InChI=1S/C23H28N4O2S/c1-18-23(19(2)27(24-18)22-9-5-3-6-10-22)30(28,29)25-21-13-11-20(12-14-21)17-26-15-7-4-8-16-26/h3,5-6,9-14,25H,4,7-8,15-17H2,1-2H3. The average Bonchev–Trinajstić information content (AvgIpc) is 3.05. The number of hydrogen-bond donors (Lipinski definition) is 1. The van der Waals surface area contributed by atoms with Crippen molar-refractivity contribution in [3.8, 4) is 5.69 Å². The molecule has 0 amide bonds. The van der Waals surface area contributed by atoms with Crippen molar-refractivity contribution in [1.29, 1.82) is 0 Å². The topological polar surface area (TPSA) is 67.2 Å². The molecule has 0 unspecified atom stereocenters. The molecule has 2 aromatic carbocycles. The van der Waals surface area contributed by atoms with Gasteiger partial charge in [-0.1, -0.05) is 36.8 Å². The third kappa shape index (κ3) is 4.42. The lowest BCUT2D eigenvalue weighted by Crippen LogP contribution is -2.29. The number of aryl methyl sites for hydroxylation is 1. The number of anilines is 1. The molecule has 0 spiro atoms. The van der Waals surface area contributed by atoms with Crippen LogP contribution in [-0.4, -0.2) is 36.2 Å². The molecule has 6 nitrogen and oxygen atoms in total. The minimum atomic E-state index is -3.75. The zero-order valence-corrected chi connectivity index (χ0v) is 18.3. The molecule has 1 aliphatic heterocycles. The Balaban J connectivity index is 1.52. The molecule has 30 heavy (non-hydrogen) atoms. The van der Waals surface area contributed by atoms with E-state index in [1.165, 1.54) is 24.8 Å². The van der Waals surface area contributed by atoms with Gasteiger partial charge in [-0.25, -0.2) is 13.1 Å². The van der Waals surface area contributed by atoms with Gasteiger partial charge in [-0.2, -0.15) is 5.10 Å². The molecule has 4 rings (SSSR count). The van der Waals surface area contributed by atoms with Crippen LogP contribution in [0.5, 0.6) is 0 Å². The number of para-hydroxylation sites is 1. The highest BCUT2D eigenvalue weighted by molar-refractivity contribution is 7.92. The molecule has 3 aromatic rings. The van der Waals surface area contributed by atoms with E-state index in [1.807, 2.05) is 54.6 Å². The van der Waals surface area contributed by atoms with Gasteiger partial charge in [-0.3, -0.25) is 9.62 Å². The molecule has 1 N–H and O–H groups in total. The number of hydrogen-bond acceptors (Lipinski definition) is 4. The zero-order valence-electron chi connectivity index (χ0n) is 17.5. The number of nitrogens with zero attached hydrogens (tertiary/aromatic N) is 3. The Morgan fingerprint density at radius 3 is 2.27 bits per heavy atom. The summed E-state index contributed by atoms with van der Waals surface area (Å²) in [6.07, 6.45) is 3.83. The van der Waals surface area contributed by atoms with Crippen LogP contribution >= 0.6 is 0 Å². The molecular formula is C23H28N4O2S. The van der Waals surface area contributed by atoms with Crippen LogP contribution in [0.4, 0.5) is 5.69 Å². The Morgan fingerprint density at radius 1 is 0.933 bits per heavy atom. The number of likely N-dealkylation sites (tertiary alicyclic amines) is 1. The monoisotopic (exact) mass is 424 g/mol. The fraction of sp³-hybridized carbons (Fsp3) is 0.348. The highest BCUT2D eigenvalue weighted by Crippen LogP contribution is 2.25. The van der Waals surface area contributed by atoms with Crippen molar-refractivity contribution in [2.45, 2.75) is 44.6 Å². The maximum atomic E-state index is 13.1. The molecule has 0 atom stereocenters. The maximum absolute atomic E-state index is 13.1. The van der Waals surface area contributed by atoms with Gasteiger partial charge >= 0.3 is 0 Å². The van der Waals surface area contributed by atoms with Crippen LogP contribution in [0.3, 0.4) is 0 Å². The minimum Gasteiger partial charge on any atom is -0.299 e. The smallest absolute Gasteiger partial charge is 0.265 e. The molecule has 2 heterocycles. The molecule has 0 aliphatic carbocycles. The van der Waals surface area contributed by atoms with Gasteiger partial charge in [0.25, 0.3) is 10.0 Å². The van der Waals surface area contributed by atoms with Crippen molar-refractivity contribution in [2.24, 2.45) is 0 Å². The molecular weight excluding hydrogens is 396 g/mol. The summed E-state index contributed by atoms with van der Waals surface area (Å²) in [6.45, 7) is 6.69. The van der Waals surface area contributed by atoms with Crippen LogP contribution in [0.25, 0.3) is 5.69 Å². The van der Waals surface area contributed by atoms with E-state index in [0.717, 1.165) is 25.3 Å². The summed E-state index contributed by atoms with van der Waals surface area (Å²) in [5.41, 5.74) is 3.66. The average molecular weight is 425 g/mol. The third-order valence-electron chi connectivity index (χ3n) is 5.56. The lowest BCUT2D eigenvalue weighted by molar-refractivity contribution is 0.221. The Morgan fingerprint density at radius 2 is 1.60 bits per heavy atom. The first-order chi connectivity index (χ1) is 14.4. The van der Waals surface area contributed by atoms with Crippen LogP contribution in [0.1, 0.15) is 36.2 Å². The van der Waals surface area contributed by atoms with Crippen molar-refractivity contribution in [3.63, 3.8) is 0 Å². The van der Waals surface area contributed by atoms with Gasteiger partial charge < -0.3 is 0 Å². The van der Waals surface area contributed by atoms with Gasteiger partial charge in [0, 0.05) is 12.2 Å². The maximum Gasteiger partial charge on any atom is 0.265 e. The summed E-state index contributed by atoms with van der Waals surface area (Å²) >= 11 is 0. The lowest BCUT2D eigenvalue weighted by Gasteiger charge is -2.26. The van der Waals surface area contributed by atoms with Crippen molar-refractivity contribution >= 4 is 15.7 Å². The van der Waals surface area contributed by atoms with Gasteiger partial charge in [-0.05, 0) is 69.6 Å². The lowest BCUT2D eigenvalue weighted by atomic mass is 10.1. The second kappa shape index (κ2) is 8.62. The minimum absolute atomic E-state index is 0.226. The number of aromatic nitrogens is 2. The van der Waals surface area contributed by atoms with E-state index in [4.69, 9.17) is 0 Å². The molecule has 1 aliphatic rings. The summed E-state index contributed by atoms with van der Waals surface area (Å²) in [6, 6.07) is 17.2. The fourth-order valence-electron chi connectivity index (χ4n) is 4.10. The van der Waals surface area contributed by atoms with Crippen LogP contribution < -0.4 is 4.72 Å². The number of sulfonamides is 1. The molecule has 1 fully saturated rings. The summed E-state index contributed by atoms with van der Waals surface area (Å²) in [5, 5.41) is 4.46. The fourth-order valence-corrected chi connectivity index (χ4v) is 5.55. The van der Waals surface area contributed by atoms with E-state index < -0.39 is 10.0 Å². The Bertz CT molecular complexity index is 1100. The van der Waals surface area contributed by atoms with Crippen molar-refractivity contribution < 1.29 is 8.42 Å².